The van der Waals surface area contributed by atoms with E-state index < -0.39 is 0 Å². The zero-order valence-electron chi connectivity index (χ0n) is 24.1. The molecule has 9 rings (SSSR count). The third-order valence-corrected chi connectivity index (χ3v) is 10.7. The Labute approximate surface area is 236 Å². The van der Waals surface area contributed by atoms with Crippen molar-refractivity contribution in [2.24, 2.45) is 0 Å². The molecule has 40 heavy (non-hydrogen) atoms. The molecule has 1 nitrogen and oxygen atoms in total. The second-order valence-electron chi connectivity index (χ2n) is 13.8. The van der Waals surface area contributed by atoms with Crippen molar-refractivity contribution in [2.45, 2.75) is 57.8 Å². The van der Waals surface area contributed by atoms with Crippen molar-refractivity contribution in [3.8, 4) is 27.9 Å². The van der Waals surface area contributed by atoms with Gasteiger partial charge in [-0.3, -0.25) is 0 Å². The van der Waals surface area contributed by atoms with E-state index in [0.717, 1.165) is 0 Å². The van der Waals surface area contributed by atoms with Gasteiger partial charge in [0.05, 0.1) is 16.7 Å². The smallest absolute Gasteiger partial charge is 0.0585 e. The predicted molar refractivity (Wildman–Crippen MR) is 168 cm³/mol. The summed E-state index contributed by atoms with van der Waals surface area (Å²) in [5.74, 6) is 0. The molecule has 0 atom stereocenters. The molecule has 2 aliphatic carbocycles. The number of hydrogen-bond donors (Lipinski definition) is 0. The Morgan fingerprint density at radius 3 is 1.73 bits per heavy atom. The lowest BCUT2D eigenvalue weighted by molar-refractivity contribution is 0.584. The number of fused-ring (bicyclic) bond motifs is 12. The van der Waals surface area contributed by atoms with Crippen LogP contribution in [0.15, 0.2) is 91.0 Å². The Hall–Kier alpha value is -4.10. The Bertz CT molecular complexity index is 2130. The molecule has 0 radical (unpaired) electrons. The highest BCUT2D eigenvalue weighted by Gasteiger charge is 2.46. The van der Waals surface area contributed by atoms with E-state index in [9.17, 15) is 0 Å². The van der Waals surface area contributed by atoms with Crippen molar-refractivity contribution >= 4 is 21.8 Å². The summed E-state index contributed by atoms with van der Waals surface area (Å²) in [5, 5.41) is 2.74. The Morgan fingerprint density at radius 1 is 0.450 bits per heavy atom. The van der Waals surface area contributed by atoms with E-state index in [4.69, 9.17) is 0 Å². The van der Waals surface area contributed by atoms with Gasteiger partial charge in [-0.2, -0.15) is 0 Å². The number of nitrogens with zero attached hydrogens (tertiary/aromatic N) is 1. The molecule has 1 aliphatic heterocycles. The molecule has 0 amide bonds. The molecule has 6 aromatic rings. The van der Waals surface area contributed by atoms with Gasteiger partial charge in [0.15, 0.2) is 0 Å². The quantitative estimate of drug-likeness (QED) is 0.190. The van der Waals surface area contributed by atoms with E-state index >= 15 is 0 Å². The minimum atomic E-state index is -0.127. The van der Waals surface area contributed by atoms with Crippen molar-refractivity contribution in [3.05, 3.63) is 124 Å². The van der Waals surface area contributed by atoms with Gasteiger partial charge >= 0.3 is 0 Å². The van der Waals surface area contributed by atoms with E-state index in [0.29, 0.717) is 0 Å². The number of benzene rings is 5. The summed E-state index contributed by atoms with van der Waals surface area (Å²) >= 11 is 0. The molecule has 0 saturated heterocycles. The molecular formula is C39H33N. The van der Waals surface area contributed by atoms with Gasteiger partial charge in [-0.05, 0) is 79.9 Å². The molecule has 1 aromatic heterocycles. The lowest BCUT2D eigenvalue weighted by Crippen LogP contribution is -2.31. The van der Waals surface area contributed by atoms with Crippen LogP contribution < -0.4 is 0 Å². The van der Waals surface area contributed by atoms with Gasteiger partial charge in [0.1, 0.15) is 0 Å². The Balaban J connectivity index is 1.54. The van der Waals surface area contributed by atoms with E-state index in [1.54, 1.807) is 0 Å². The lowest BCUT2D eigenvalue weighted by atomic mass is 9.68. The normalized spacial score (nSPS) is 17.9. The van der Waals surface area contributed by atoms with E-state index in [1.807, 2.05) is 0 Å². The maximum absolute atomic E-state index is 2.61. The molecule has 2 heterocycles. The molecular weight excluding hydrogens is 482 g/mol. The van der Waals surface area contributed by atoms with Crippen LogP contribution in [0.4, 0.5) is 0 Å². The van der Waals surface area contributed by atoms with Crippen molar-refractivity contribution in [1.29, 1.82) is 0 Å². The van der Waals surface area contributed by atoms with Gasteiger partial charge in [0.2, 0.25) is 0 Å². The fourth-order valence-electron chi connectivity index (χ4n) is 8.82. The molecule has 0 unspecified atom stereocenters. The summed E-state index contributed by atoms with van der Waals surface area (Å²) in [6.07, 6.45) is 0. The van der Waals surface area contributed by atoms with Crippen LogP contribution in [0, 0.1) is 0 Å². The second kappa shape index (κ2) is 6.78. The summed E-state index contributed by atoms with van der Waals surface area (Å²) in [4.78, 5) is 0. The van der Waals surface area contributed by atoms with E-state index in [2.05, 4.69) is 137 Å². The van der Waals surface area contributed by atoms with Gasteiger partial charge in [-0.1, -0.05) is 108 Å². The topological polar surface area (TPSA) is 4.93 Å². The summed E-state index contributed by atoms with van der Waals surface area (Å²) in [6.45, 7) is 14.5. The first-order chi connectivity index (χ1) is 19.1. The molecule has 0 fully saturated rings. The van der Waals surface area contributed by atoms with Crippen LogP contribution in [0.1, 0.15) is 74.9 Å². The lowest BCUT2D eigenvalue weighted by Gasteiger charge is -2.39. The highest BCUT2D eigenvalue weighted by molar-refractivity contribution is 6.16. The monoisotopic (exact) mass is 515 g/mol. The van der Waals surface area contributed by atoms with Crippen LogP contribution in [0.5, 0.6) is 0 Å². The van der Waals surface area contributed by atoms with E-state index in [1.165, 1.54) is 83.1 Å². The summed E-state index contributed by atoms with van der Waals surface area (Å²) in [6, 6.07) is 34.8. The fraction of sp³-hybridized carbons (Fsp3) is 0.231. The Kier molecular flexibility index (Phi) is 3.85. The molecule has 3 aliphatic rings. The molecule has 194 valence electrons. The predicted octanol–water partition coefficient (Wildman–Crippen LogP) is 10.0. The molecule has 0 spiro atoms. The Morgan fingerprint density at radius 2 is 1.00 bits per heavy atom. The summed E-state index contributed by atoms with van der Waals surface area (Å²) in [7, 11) is 0. The largest absolute Gasteiger partial charge is 0.309 e. The maximum Gasteiger partial charge on any atom is 0.0585 e. The van der Waals surface area contributed by atoms with Gasteiger partial charge in [0.25, 0.3) is 0 Å². The van der Waals surface area contributed by atoms with Crippen molar-refractivity contribution in [3.63, 3.8) is 0 Å². The minimum Gasteiger partial charge on any atom is -0.309 e. The van der Waals surface area contributed by atoms with Crippen molar-refractivity contribution < 1.29 is 0 Å². The fourth-order valence-corrected chi connectivity index (χ4v) is 8.82. The van der Waals surface area contributed by atoms with Crippen molar-refractivity contribution in [2.75, 3.05) is 0 Å². The van der Waals surface area contributed by atoms with Crippen LogP contribution in [0.2, 0.25) is 0 Å². The molecule has 0 N–H and O–H groups in total. The van der Waals surface area contributed by atoms with Gasteiger partial charge < -0.3 is 4.57 Å². The summed E-state index contributed by atoms with van der Waals surface area (Å²) in [5.41, 5.74) is 18.1. The third kappa shape index (κ3) is 2.35. The second-order valence-corrected chi connectivity index (χ2v) is 13.8. The number of rotatable bonds is 0. The maximum atomic E-state index is 2.61. The highest BCUT2D eigenvalue weighted by atomic mass is 15.0. The first-order valence-corrected chi connectivity index (χ1v) is 14.6. The zero-order valence-corrected chi connectivity index (χ0v) is 24.1. The molecule has 5 aromatic carbocycles. The zero-order chi connectivity index (χ0) is 27.3. The first kappa shape index (κ1) is 22.7. The number of hydrogen-bond acceptors (Lipinski definition) is 0. The first-order valence-electron chi connectivity index (χ1n) is 14.6. The average Bonchev–Trinajstić information content (AvgIpc) is 3.48. The van der Waals surface area contributed by atoms with Crippen LogP contribution in [-0.2, 0) is 16.2 Å². The van der Waals surface area contributed by atoms with Gasteiger partial charge in [-0.15, -0.1) is 0 Å². The molecule has 1 heteroatoms. The van der Waals surface area contributed by atoms with Crippen LogP contribution in [-0.4, -0.2) is 4.57 Å². The molecule has 0 bridgehead atoms. The number of aromatic nitrogens is 1. The highest BCUT2D eigenvalue weighted by Crippen LogP contribution is 2.59. The molecule has 0 saturated carbocycles. The van der Waals surface area contributed by atoms with Gasteiger partial charge in [0, 0.05) is 27.0 Å². The standard InChI is InChI=1S/C39H33N/c1-37(2)28-15-9-7-13-22(28)24-19-25-27-20-26-23-14-8-10-16-29(23)38(3,4)34(26)35-36(27)40(33(25)21-31(24)37)32-18-12-11-17-30(32)39(35,5)6/h7-21H,1-6H3. The summed E-state index contributed by atoms with van der Waals surface area (Å²) < 4.78 is 2.61. The number of para-hydroxylation sites is 1. The SMILES string of the molecule is CC1(C)c2ccccc2-c2cc3c4cc5c(c6c4n(c3cc21)-c1ccccc1C6(C)C)C(C)(C)c1ccccc1-5. The van der Waals surface area contributed by atoms with Crippen LogP contribution >= 0.6 is 0 Å². The van der Waals surface area contributed by atoms with Crippen LogP contribution in [0.25, 0.3) is 49.7 Å². The van der Waals surface area contributed by atoms with Crippen LogP contribution in [0.3, 0.4) is 0 Å². The van der Waals surface area contributed by atoms with Crippen molar-refractivity contribution in [1.82, 2.24) is 4.57 Å². The third-order valence-electron chi connectivity index (χ3n) is 10.7. The average molecular weight is 516 g/mol. The van der Waals surface area contributed by atoms with Gasteiger partial charge in [-0.25, -0.2) is 0 Å². The minimum absolute atomic E-state index is 0.0319. The van der Waals surface area contributed by atoms with E-state index in [-0.39, 0.29) is 16.2 Å².